The van der Waals surface area contributed by atoms with Crippen molar-refractivity contribution >= 4 is 11.9 Å². The molecule has 2 saturated heterocycles. The number of rotatable bonds is 3. The minimum absolute atomic E-state index is 0.166. The fraction of sp³-hybridized carbons (Fsp3) is 0.895. The highest BCUT2D eigenvalue weighted by Crippen LogP contribution is 2.36. The van der Waals surface area contributed by atoms with Crippen molar-refractivity contribution in [2.75, 3.05) is 53.0 Å². The molecule has 3 fully saturated rings. The molecular weight excluding hydrogens is 316 g/mol. The Hall–Kier alpha value is -1.30. The Balaban J connectivity index is 1.46. The van der Waals surface area contributed by atoms with Gasteiger partial charge in [0, 0.05) is 45.7 Å². The quantitative estimate of drug-likeness (QED) is 0.622. The summed E-state index contributed by atoms with van der Waals surface area (Å²) >= 11 is 0. The number of aliphatic imine (C=N–C) groups is 1. The van der Waals surface area contributed by atoms with Crippen molar-refractivity contribution in [1.82, 2.24) is 15.1 Å². The SMILES string of the molecule is CN=C(NCC1(C)CCCC1)N1CCC(C(=O)N2CCOCC2)CC1. The number of hydrogen-bond acceptors (Lipinski definition) is 3. The van der Waals surface area contributed by atoms with Gasteiger partial charge in [-0.05, 0) is 31.1 Å². The first-order valence-corrected chi connectivity index (χ1v) is 9.93. The van der Waals surface area contributed by atoms with Crippen LogP contribution in [0.1, 0.15) is 45.4 Å². The van der Waals surface area contributed by atoms with Crippen LogP contribution < -0.4 is 5.32 Å². The number of ether oxygens (including phenoxy) is 1. The third kappa shape index (κ3) is 4.66. The van der Waals surface area contributed by atoms with E-state index in [1.807, 2.05) is 11.9 Å². The van der Waals surface area contributed by atoms with Gasteiger partial charge in [0.05, 0.1) is 13.2 Å². The maximum atomic E-state index is 12.6. The zero-order chi connectivity index (χ0) is 17.7. The molecule has 1 saturated carbocycles. The third-order valence-electron chi connectivity index (χ3n) is 6.16. The third-order valence-corrected chi connectivity index (χ3v) is 6.16. The van der Waals surface area contributed by atoms with Crippen molar-refractivity contribution < 1.29 is 9.53 Å². The molecule has 0 radical (unpaired) electrons. The molecule has 25 heavy (non-hydrogen) atoms. The van der Waals surface area contributed by atoms with Crippen molar-refractivity contribution in [3.05, 3.63) is 0 Å². The normalized spacial score (nSPS) is 25.3. The van der Waals surface area contributed by atoms with Crippen LogP contribution >= 0.6 is 0 Å². The second-order valence-electron chi connectivity index (χ2n) is 8.12. The molecule has 0 aromatic heterocycles. The predicted molar refractivity (Wildman–Crippen MR) is 99.6 cm³/mol. The van der Waals surface area contributed by atoms with E-state index in [1.54, 1.807) is 0 Å². The summed E-state index contributed by atoms with van der Waals surface area (Å²) in [6, 6.07) is 0. The molecule has 1 aliphatic carbocycles. The summed E-state index contributed by atoms with van der Waals surface area (Å²) in [4.78, 5) is 21.4. The van der Waals surface area contributed by atoms with Gasteiger partial charge in [0.15, 0.2) is 5.96 Å². The summed E-state index contributed by atoms with van der Waals surface area (Å²) in [6.45, 7) is 8.08. The first-order chi connectivity index (χ1) is 12.1. The van der Waals surface area contributed by atoms with Gasteiger partial charge in [-0.25, -0.2) is 0 Å². The number of carbonyl (C=O) groups excluding carboxylic acids is 1. The molecule has 1 N–H and O–H groups in total. The molecule has 0 spiro atoms. The minimum Gasteiger partial charge on any atom is -0.378 e. The van der Waals surface area contributed by atoms with Crippen LogP contribution in [0.4, 0.5) is 0 Å². The molecule has 142 valence electrons. The van der Waals surface area contributed by atoms with E-state index in [-0.39, 0.29) is 5.92 Å². The van der Waals surface area contributed by atoms with E-state index in [2.05, 4.69) is 22.1 Å². The van der Waals surface area contributed by atoms with Crippen LogP contribution in [-0.2, 0) is 9.53 Å². The molecule has 0 aromatic rings. The lowest BCUT2D eigenvalue weighted by molar-refractivity contribution is -0.140. The molecule has 0 atom stereocenters. The molecular formula is C19H34N4O2. The standard InChI is InChI=1S/C19H34N4O2/c1-19(7-3-4-8-19)15-21-18(20-2)23-9-5-16(6-10-23)17(24)22-11-13-25-14-12-22/h16H,3-15H2,1-2H3,(H,20,21). The Morgan fingerprint density at radius 3 is 2.36 bits per heavy atom. The van der Waals surface area contributed by atoms with Crippen LogP contribution in [0.5, 0.6) is 0 Å². The lowest BCUT2D eigenvalue weighted by Crippen LogP contribution is -2.51. The monoisotopic (exact) mass is 350 g/mol. The number of amides is 1. The fourth-order valence-corrected chi connectivity index (χ4v) is 4.41. The van der Waals surface area contributed by atoms with Crippen molar-refractivity contribution in [3.63, 3.8) is 0 Å². The molecule has 3 aliphatic rings. The van der Waals surface area contributed by atoms with Crippen LogP contribution in [0.15, 0.2) is 4.99 Å². The van der Waals surface area contributed by atoms with E-state index in [0.29, 0.717) is 24.5 Å². The Kier molecular flexibility index (Phi) is 6.20. The van der Waals surface area contributed by atoms with Gasteiger partial charge in [-0.2, -0.15) is 0 Å². The van der Waals surface area contributed by atoms with E-state index in [0.717, 1.165) is 51.5 Å². The highest BCUT2D eigenvalue weighted by Gasteiger charge is 2.32. The maximum absolute atomic E-state index is 12.6. The van der Waals surface area contributed by atoms with Crippen LogP contribution in [0.2, 0.25) is 0 Å². The first kappa shape index (κ1) is 18.5. The molecule has 2 heterocycles. The zero-order valence-electron chi connectivity index (χ0n) is 15.9. The largest absolute Gasteiger partial charge is 0.378 e. The zero-order valence-corrected chi connectivity index (χ0v) is 15.9. The van der Waals surface area contributed by atoms with E-state index in [9.17, 15) is 4.79 Å². The second-order valence-corrected chi connectivity index (χ2v) is 8.12. The van der Waals surface area contributed by atoms with Crippen LogP contribution in [-0.4, -0.2) is 74.7 Å². The smallest absolute Gasteiger partial charge is 0.225 e. The summed E-state index contributed by atoms with van der Waals surface area (Å²) in [7, 11) is 1.87. The molecule has 6 heteroatoms. The van der Waals surface area contributed by atoms with Crippen molar-refractivity contribution in [1.29, 1.82) is 0 Å². The Labute approximate surface area is 152 Å². The van der Waals surface area contributed by atoms with Gasteiger partial charge in [0.1, 0.15) is 0 Å². The van der Waals surface area contributed by atoms with Gasteiger partial charge >= 0.3 is 0 Å². The fourth-order valence-electron chi connectivity index (χ4n) is 4.41. The minimum atomic E-state index is 0.166. The van der Waals surface area contributed by atoms with Gasteiger partial charge in [0.25, 0.3) is 0 Å². The molecule has 3 rings (SSSR count). The van der Waals surface area contributed by atoms with Crippen LogP contribution in [0.3, 0.4) is 0 Å². The van der Waals surface area contributed by atoms with E-state index < -0.39 is 0 Å². The van der Waals surface area contributed by atoms with Crippen molar-refractivity contribution in [2.24, 2.45) is 16.3 Å². The predicted octanol–water partition coefficient (Wildman–Crippen LogP) is 1.71. The number of likely N-dealkylation sites (tertiary alicyclic amines) is 1. The molecule has 1 amide bonds. The summed E-state index contributed by atoms with van der Waals surface area (Å²) in [6.07, 6.45) is 7.18. The Morgan fingerprint density at radius 2 is 1.76 bits per heavy atom. The molecule has 0 unspecified atom stereocenters. The summed E-state index contributed by atoms with van der Waals surface area (Å²) in [5.41, 5.74) is 0.417. The highest BCUT2D eigenvalue weighted by atomic mass is 16.5. The lowest BCUT2D eigenvalue weighted by Gasteiger charge is -2.37. The number of piperidine rings is 1. The molecule has 6 nitrogen and oxygen atoms in total. The summed E-state index contributed by atoms with van der Waals surface area (Å²) in [5.74, 6) is 1.49. The summed E-state index contributed by atoms with van der Waals surface area (Å²) < 4.78 is 5.35. The first-order valence-electron chi connectivity index (χ1n) is 9.93. The average Bonchev–Trinajstić information content (AvgIpc) is 3.09. The Morgan fingerprint density at radius 1 is 1.12 bits per heavy atom. The van der Waals surface area contributed by atoms with Crippen molar-refractivity contribution in [2.45, 2.75) is 45.4 Å². The number of hydrogen-bond donors (Lipinski definition) is 1. The van der Waals surface area contributed by atoms with E-state index in [1.165, 1.54) is 25.7 Å². The summed E-state index contributed by atoms with van der Waals surface area (Å²) in [5, 5.41) is 3.59. The molecule has 0 aromatic carbocycles. The lowest BCUT2D eigenvalue weighted by atomic mass is 9.89. The van der Waals surface area contributed by atoms with Gasteiger partial charge in [-0.1, -0.05) is 19.8 Å². The van der Waals surface area contributed by atoms with Crippen LogP contribution in [0.25, 0.3) is 0 Å². The number of morpholine rings is 1. The van der Waals surface area contributed by atoms with Gasteiger partial charge < -0.3 is 19.9 Å². The van der Waals surface area contributed by atoms with E-state index in [4.69, 9.17) is 4.74 Å². The van der Waals surface area contributed by atoms with Gasteiger partial charge in [-0.15, -0.1) is 0 Å². The van der Waals surface area contributed by atoms with Gasteiger partial charge in [-0.3, -0.25) is 9.79 Å². The topological polar surface area (TPSA) is 57.2 Å². The number of guanidine groups is 1. The van der Waals surface area contributed by atoms with Gasteiger partial charge in [0.2, 0.25) is 5.91 Å². The maximum Gasteiger partial charge on any atom is 0.225 e. The Bertz CT molecular complexity index is 474. The average molecular weight is 351 g/mol. The number of nitrogens with zero attached hydrogens (tertiary/aromatic N) is 3. The molecule has 0 bridgehead atoms. The van der Waals surface area contributed by atoms with E-state index >= 15 is 0 Å². The van der Waals surface area contributed by atoms with Crippen LogP contribution in [0, 0.1) is 11.3 Å². The number of carbonyl (C=O) groups is 1. The number of nitrogens with one attached hydrogen (secondary N) is 1. The highest BCUT2D eigenvalue weighted by molar-refractivity contribution is 5.81. The second kappa shape index (κ2) is 8.39. The molecule has 2 aliphatic heterocycles. The van der Waals surface area contributed by atoms with Crippen molar-refractivity contribution in [3.8, 4) is 0 Å².